The Labute approximate surface area is 104 Å². The van der Waals surface area contributed by atoms with Crippen LogP contribution in [0.4, 0.5) is 0 Å². The fourth-order valence-corrected chi connectivity index (χ4v) is 1.86. The van der Waals surface area contributed by atoms with Crippen molar-refractivity contribution in [3.63, 3.8) is 0 Å². The molecule has 0 spiro atoms. The number of aromatic nitrogens is 5. The van der Waals surface area contributed by atoms with Crippen LogP contribution >= 0.6 is 0 Å². The van der Waals surface area contributed by atoms with Gasteiger partial charge in [-0.25, -0.2) is 14.6 Å². The number of rotatable bonds is 3. The molecule has 0 saturated heterocycles. The summed E-state index contributed by atoms with van der Waals surface area (Å²) in [5.74, 6) is 1.38. The summed E-state index contributed by atoms with van der Waals surface area (Å²) in [6.07, 6.45) is 3.52. The quantitative estimate of drug-likeness (QED) is 0.762. The van der Waals surface area contributed by atoms with Gasteiger partial charge in [-0.05, 0) is 13.0 Å². The van der Waals surface area contributed by atoms with Crippen LogP contribution in [0.2, 0.25) is 0 Å². The van der Waals surface area contributed by atoms with E-state index in [0.29, 0.717) is 5.88 Å². The van der Waals surface area contributed by atoms with E-state index in [0.717, 1.165) is 29.1 Å². The molecule has 0 aromatic carbocycles. The molecule has 0 fully saturated rings. The average molecular weight is 243 g/mol. The van der Waals surface area contributed by atoms with Crippen LogP contribution in [0, 0.1) is 0 Å². The highest BCUT2D eigenvalue weighted by Gasteiger charge is 2.09. The van der Waals surface area contributed by atoms with E-state index in [1.165, 1.54) is 0 Å². The van der Waals surface area contributed by atoms with Crippen molar-refractivity contribution in [1.29, 1.82) is 0 Å². The van der Waals surface area contributed by atoms with Crippen molar-refractivity contribution in [3.8, 4) is 17.3 Å². The average Bonchev–Trinajstić information content (AvgIpc) is 2.98. The van der Waals surface area contributed by atoms with Gasteiger partial charge in [0.05, 0.1) is 13.3 Å². The second-order valence-electron chi connectivity index (χ2n) is 3.87. The van der Waals surface area contributed by atoms with E-state index in [-0.39, 0.29) is 0 Å². The second kappa shape index (κ2) is 4.14. The van der Waals surface area contributed by atoms with Crippen LogP contribution in [-0.2, 0) is 6.54 Å². The normalized spacial score (nSPS) is 11.0. The van der Waals surface area contributed by atoms with Crippen molar-refractivity contribution >= 4 is 11.2 Å². The van der Waals surface area contributed by atoms with Crippen molar-refractivity contribution in [1.82, 2.24) is 24.7 Å². The summed E-state index contributed by atoms with van der Waals surface area (Å²) >= 11 is 0. The third-order valence-corrected chi connectivity index (χ3v) is 2.80. The SMILES string of the molecule is CCn1ncc2[nH]c(-c3ccc(OC)nc3)nc21. The number of methoxy groups -OCH3 is 1. The van der Waals surface area contributed by atoms with Crippen LogP contribution in [-0.4, -0.2) is 31.8 Å². The standard InChI is InChI=1S/C12H13N5O/c1-3-17-12-9(7-14-17)15-11(16-12)8-4-5-10(18-2)13-6-8/h4-7H,3H2,1-2H3,(H,15,16). The molecule has 3 rings (SSSR count). The van der Waals surface area contributed by atoms with Gasteiger partial charge in [0, 0.05) is 24.4 Å². The van der Waals surface area contributed by atoms with Crippen molar-refractivity contribution in [3.05, 3.63) is 24.5 Å². The molecule has 0 amide bonds. The van der Waals surface area contributed by atoms with Crippen LogP contribution in [0.15, 0.2) is 24.5 Å². The number of hydrogen-bond acceptors (Lipinski definition) is 4. The first-order valence-corrected chi connectivity index (χ1v) is 5.73. The fourth-order valence-electron chi connectivity index (χ4n) is 1.86. The topological polar surface area (TPSA) is 68.6 Å². The molecule has 0 atom stereocenters. The molecule has 6 heteroatoms. The Balaban J connectivity index is 2.04. The van der Waals surface area contributed by atoms with Crippen molar-refractivity contribution in [2.75, 3.05) is 7.11 Å². The van der Waals surface area contributed by atoms with Crippen LogP contribution < -0.4 is 4.74 Å². The lowest BCUT2D eigenvalue weighted by Crippen LogP contribution is -1.96. The van der Waals surface area contributed by atoms with E-state index >= 15 is 0 Å². The van der Waals surface area contributed by atoms with E-state index in [4.69, 9.17) is 4.74 Å². The Morgan fingerprint density at radius 2 is 2.22 bits per heavy atom. The Hall–Kier alpha value is -2.37. The van der Waals surface area contributed by atoms with Crippen molar-refractivity contribution < 1.29 is 4.74 Å². The van der Waals surface area contributed by atoms with Gasteiger partial charge in [-0.3, -0.25) is 0 Å². The minimum absolute atomic E-state index is 0.592. The van der Waals surface area contributed by atoms with E-state index in [1.807, 2.05) is 23.7 Å². The number of H-pyrrole nitrogens is 1. The molecule has 1 N–H and O–H groups in total. The molecular weight excluding hydrogens is 230 g/mol. The highest BCUT2D eigenvalue weighted by atomic mass is 16.5. The maximum atomic E-state index is 5.03. The molecule has 6 nitrogen and oxygen atoms in total. The zero-order chi connectivity index (χ0) is 12.5. The Morgan fingerprint density at radius 1 is 1.33 bits per heavy atom. The van der Waals surface area contributed by atoms with Gasteiger partial charge in [0.25, 0.3) is 0 Å². The molecule has 3 aromatic heterocycles. The molecule has 0 aliphatic rings. The maximum Gasteiger partial charge on any atom is 0.212 e. The number of fused-ring (bicyclic) bond motifs is 1. The summed E-state index contributed by atoms with van der Waals surface area (Å²) in [6, 6.07) is 3.74. The first-order chi connectivity index (χ1) is 8.81. The van der Waals surface area contributed by atoms with Gasteiger partial charge in [-0.15, -0.1) is 0 Å². The summed E-state index contributed by atoms with van der Waals surface area (Å²) in [4.78, 5) is 11.9. The number of aromatic amines is 1. The zero-order valence-electron chi connectivity index (χ0n) is 10.2. The molecule has 0 unspecified atom stereocenters. The van der Waals surface area contributed by atoms with Gasteiger partial charge in [0.2, 0.25) is 5.88 Å². The number of imidazole rings is 1. The lowest BCUT2D eigenvalue weighted by molar-refractivity contribution is 0.398. The number of ether oxygens (including phenoxy) is 1. The van der Waals surface area contributed by atoms with E-state index in [9.17, 15) is 0 Å². The van der Waals surface area contributed by atoms with Crippen LogP contribution in [0.25, 0.3) is 22.6 Å². The molecule has 3 aromatic rings. The van der Waals surface area contributed by atoms with Gasteiger partial charge in [0.15, 0.2) is 5.65 Å². The number of nitrogens with one attached hydrogen (secondary N) is 1. The minimum Gasteiger partial charge on any atom is -0.481 e. The predicted octanol–water partition coefficient (Wildman–Crippen LogP) is 1.85. The number of pyridine rings is 1. The van der Waals surface area contributed by atoms with Gasteiger partial charge >= 0.3 is 0 Å². The number of aryl methyl sites for hydroxylation is 1. The zero-order valence-corrected chi connectivity index (χ0v) is 10.2. The van der Waals surface area contributed by atoms with Gasteiger partial charge < -0.3 is 9.72 Å². The Kier molecular flexibility index (Phi) is 2.47. The predicted molar refractivity (Wildman–Crippen MR) is 67.3 cm³/mol. The van der Waals surface area contributed by atoms with Gasteiger partial charge in [-0.1, -0.05) is 0 Å². The Morgan fingerprint density at radius 3 is 2.89 bits per heavy atom. The number of nitrogens with zero attached hydrogens (tertiary/aromatic N) is 4. The van der Waals surface area contributed by atoms with E-state index in [2.05, 4.69) is 20.1 Å². The third-order valence-electron chi connectivity index (χ3n) is 2.80. The molecule has 92 valence electrons. The number of hydrogen-bond donors (Lipinski definition) is 1. The first-order valence-electron chi connectivity index (χ1n) is 5.73. The summed E-state index contributed by atoms with van der Waals surface area (Å²) in [5, 5.41) is 4.22. The van der Waals surface area contributed by atoms with Gasteiger partial charge in [0.1, 0.15) is 11.3 Å². The highest BCUT2D eigenvalue weighted by Crippen LogP contribution is 2.20. The monoisotopic (exact) mass is 243 g/mol. The van der Waals surface area contributed by atoms with Crippen LogP contribution in [0.5, 0.6) is 5.88 Å². The molecule has 0 aliphatic heterocycles. The molecule has 0 bridgehead atoms. The molecule has 0 radical (unpaired) electrons. The Bertz CT molecular complexity index is 667. The lowest BCUT2D eigenvalue weighted by atomic mass is 10.3. The summed E-state index contributed by atoms with van der Waals surface area (Å²) in [5.41, 5.74) is 2.72. The van der Waals surface area contributed by atoms with Crippen LogP contribution in [0.1, 0.15) is 6.92 Å². The summed E-state index contributed by atoms with van der Waals surface area (Å²) in [7, 11) is 1.60. The molecule has 18 heavy (non-hydrogen) atoms. The third kappa shape index (κ3) is 1.62. The summed E-state index contributed by atoms with van der Waals surface area (Å²) < 4.78 is 6.88. The van der Waals surface area contributed by atoms with Crippen molar-refractivity contribution in [2.45, 2.75) is 13.5 Å². The second-order valence-corrected chi connectivity index (χ2v) is 3.87. The van der Waals surface area contributed by atoms with Crippen molar-refractivity contribution in [2.24, 2.45) is 0 Å². The molecule has 3 heterocycles. The lowest BCUT2D eigenvalue weighted by Gasteiger charge is -1.99. The fraction of sp³-hybridized carbons (Fsp3) is 0.250. The molecular formula is C12H13N5O. The molecule has 0 aliphatic carbocycles. The first kappa shape index (κ1) is 10.8. The molecule has 0 saturated carbocycles. The van der Waals surface area contributed by atoms with Crippen LogP contribution in [0.3, 0.4) is 0 Å². The largest absolute Gasteiger partial charge is 0.481 e. The maximum absolute atomic E-state index is 5.03. The minimum atomic E-state index is 0.592. The smallest absolute Gasteiger partial charge is 0.212 e. The highest BCUT2D eigenvalue weighted by molar-refractivity contribution is 5.75. The van der Waals surface area contributed by atoms with E-state index < -0.39 is 0 Å². The van der Waals surface area contributed by atoms with E-state index in [1.54, 1.807) is 19.5 Å². The van der Waals surface area contributed by atoms with Gasteiger partial charge in [-0.2, -0.15) is 5.10 Å². The summed E-state index contributed by atoms with van der Waals surface area (Å²) in [6.45, 7) is 2.84.